The van der Waals surface area contributed by atoms with Crippen molar-refractivity contribution in [2.45, 2.75) is 17.7 Å². The van der Waals surface area contributed by atoms with E-state index in [-0.39, 0.29) is 15.5 Å². The van der Waals surface area contributed by atoms with Gasteiger partial charge < -0.3 is 5.11 Å². The summed E-state index contributed by atoms with van der Waals surface area (Å²) < 4.78 is 25.8. The Labute approximate surface area is 110 Å². The number of sulfonamides is 1. The third-order valence-electron chi connectivity index (χ3n) is 2.87. The first-order valence-electron chi connectivity index (χ1n) is 5.46. The molecular weight excluding hydrogens is 278 g/mol. The highest BCUT2D eigenvalue weighted by molar-refractivity contribution is 7.89. The van der Waals surface area contributed by atoms with E-state index in [9.17, 15) is 13.2 Å². The van der Waals surface area contributed by atoms with Gasteiger partial charge in [-0.25, -0.2) is 13.2 Å². The molecule has 1 aliphatic rings. The van der Waals surface area contributed by atoms with Crippen LogP contribution in [0.2, 0.25) is 5.02 Å². The van der Waals surface area contributed by atoms with Crippen molar-refractivity contribution < 1.29 is 18.3 Å². The van der Waals surface area contributed by atoms with Crippen LogP contribution in [0.3, 0.4) is 0 Å². The number of nitrogens with zero attached hydrogens (tertiary/aromatic N) is 1. The zero-order valence-electron chi connectivity index (χ0n) is 9.47. The van der Waals surface area contributed by atoms with E-state index in [1.54, 1.807) is 0 Å². The minimum Gasteiger partial charge on any atom is -0.478 e. The van der Waals surface area contributed by atoms with Crippen LogP contribution in [0.5, 0.6) is 0 Å². The van der Waals surface area contributed by atoms with Crippen LogP contribution >= 0.6 is 11.6 Å². The highest BCUT2D eigenvalue weighted by atomic mass is 35.5. The molecule has 0 aromatic heterocycles. The molecular formula is C11H12ClNO4S. The van der Waals surface area contributed by atoms with Gasteiger partial charge >= 0.3 is 5.97 Å². The summed E-state index contributed by atoms with van der Waals surface area (Å²) in [6.07, 6.45) is 1.66. The van der Waals surface area contributed by atoms with Crippen LogP contribution in [-0.2, 0) is 10.0 Å². The number of hydrogen-bond acceptors (Lipinski definition) is 3. The van der Waals surface area contributed by atoms with Crippen molar-refractivity contribution >= 4 is 27.6 Å². The predicted octanol–water partition coefficient (Wildman–Crippen LogP) is 1.82. The second-order valence-corrected chi connectivity index (χ2v) is 6.40. The van der Waals surface area contributed by atoms with Gasteiger partial charge in [-0.15, -0.1) is 0 Å². The Kier molecular flexibility index (Phi) is 3.61. The van der Waals surface area contributed by atoms with E-state index in [0.717, 1.165) is 18.9 Å². The molecule has 0 bridgehead atoms. The molecule has 5 nitrogen and oxygen atoms in total. The summed E-state index contributed by atoms with van der Waals surface area (Å²) in [4.78, 5) is 10.9. The van der Waals surface area contributed by atoms with Gasteiger partial charge in [0.05, 0.1) is 15.5 Å². The molecule has 1 N–H and O–H groups in total. The highest BCUT2D eigenvalue weighted by Crippen LogP contribution is 2.25. The Bertz CT molecular complexity index is 579. The zero-order valence-corrected chi connectivity index (χ0v) is 11.0. The van der Waals surface area contributed by atoms with E-state index in [4.69, 9.17) is 16.7 Å². The van der Waals surface area contributed by atoms with Gasteiger partial charge in [0.25, 0.3) is 0 Å². The van der Waals surface area contributed by atoms with Crippen LogP contribution in [0.4, 0.5) is 0 Å². The molecule has 1 heterocycles. The molecule has 0 spiro atoms. The summed E-state index contributed by atoms with van der Waals surface area (Å²) in [6.45, 7) is 0.959. The molecule has 0 radical (unpaired) electrons. The molecule has 0 aliphatic carbocycles. The standard InChI is InChI=1S/C11H12ClNO4S/c12-10-4-3-8(7-9(10)11(14)15)18(16,17)13-5-1-2-6-13/h3-4,7H,1-2,5-6H2,(H,14,15). The second kappa shape index (κ2) is 4.87. The van der Waals surface area contributed by atoms with Crippen molar-refractivity contribution in [1.82, 2.24) is 4.31 Å². The topological polar surface area (TPSA) is 74.7 Å². The van der Waals surface area contributed by atoms with Crippen LogP contribution in [0.15, 0.2) is 23.1 Å². The van der Waals surface area contributed by atoms with Gasteiger partial charge in [0, 0.05) is 13.1 Å². The smallest absolute Gasteiger partial charge is 0.337 e. The Morgan fingerprint density at radius 3 is 2.44 bits per heavy atom. The predicted molar refractivity (Wildman–Crippen MR) is 66.4 cm³/mol. The minimum atomic E-state index is -3.60. The van der Waals surface area contributed by atoms with E-state index in [1.807, 2.05) is 0 Å². The molecule has 0 amide bonds. The Balaban J connectivity index is 2.45. The number of halogens is 1. The lowest BCUT2D eigenvalue weighted by molar-refractivity contribution is 0.0697. The fourth-order valence-electron chi connectivity index (χ4n) is 1.91. The lowest BCUT2D eigenvalue weighted by Gasteiger charge is -2.15. The maximum atomic E-state index is 12.2. The van der Waals surface area contributed by atoms with Crippen LogP contribution in [0.25, 0.3) is 0 Å². The van der Waals surface area contributed by atoms with Crippen molar-refractivity contribution in [3.63, 3.8) is 0 Å². The zero-order chi connectivity index (χ0) is 13.3. The molecule has 1 aromatic rings. The summed E-state index contributed by atoms with van der Waals surface area (Å²) in [5, 5.41) is 8.96. The SMILES string of the molecule is O=C(O)c1cc(S(=O)(=O)N2CCCC2)ccc1Cl. The van der Waals surface area contributed by atoms with Crippen LogP contribution in [0.1, 0.15) is 23.2 Å². The van der Waals surface area contributed by atoms with Crippen LogP contribution in [0, 0.1) is 0 Å². The van der Waals surface area contributed by atoms with Gasteiger partial charge in [0.15, 0.2) is 0 Å². The average molecular weight is 290 g/mol. The van der Waals surface area contributed by atoms with Crippen molar-refractivity contribution in [3.8, 4) is 0 Å². The van der Waals surface area contributed by atoms with Gasteiger partial charge in [-0.1, -0.05) is 11.6 Å². The number of carboxylic acid groups (broad SMARTS) is 1. The van der Waals surface area contributed by atoms with E-state index in [0.29, 0.717) is 13.1 Å². The summed E-state index contributed by atoms with van der Waals surface area (Å²) in [6, 6.07) is 3.74. The molecule has 1 fully saturated rings. The molecule has 2 rings (SSSR count). The number of aromatic carboxylic acids is 1. The lowest BCUT2D eigenvalue weighted by Crippen LogP contribution is -2.28. The Hall–Kier alpha value is -1.11. The molecule has 0 atom stereocenters. The molecule has 98 valence electrons. The summed E-state index contributed by atoms with van der Waals surface area (Å²) in [7, 11) is -3.60. The monoisotopic (exact) mass is 289 g/mol. The average Bonchev–Trinajstić information content (AvgIpc) is 2.82. The molecule has 0 unspecified atom stereocenters. The molecule has 1 saturated heterocycles. The fourth-order valence-corrected chi connectivity index (χ4v) is 3.65. The number of rotatable bonds is 3. The summed E-state index contributed by atoms with van der Waals surface area (Å²) in [5.74, 6) is -1.24. The number of carbonyl (C=O) groups is 1. The van der Waals surface area contributed by atoms with Crippen LogP contribution < -0.4 is 0 Å². The molecule has 18 heavy (non-hydrogen) atoms. The number of benzene rings is 1. The van der Waals surface area contributed by atoms with E-state index in [1.165, 1.54) is 16.4 Å². The Morgan fingerprint density at radius 1 is 1.28 bits per heavy atom. The van der Waals surface area contributed by atoms with Crippen molar-refractivity contribution in [2.24, 2.45) is 0 Å². The third kappa shape index (κ3) is 2.36. The highest BCUT2D eigenvalue weighted by Gasteiger charge is 2.28. The van der Waals surface area contributed by atoms with Crippen molar-refractivity contribution in [2.75, 3.05) is 13.1 Å². The minimum absolute atomic E-state index is 0.0220. The number of hydrogen-bond donors (Lipinski definition) is 1. The first-order chi connectivity index (χ1) is 8.43. The normalized spacial score (nSPS) is 16.9. The largest absolute Gasteiger partial charge is 0.478 e. The first-order valence-corrected chi connectivity index (χ1v) is 7.28. The van der Waals surface area contributed by atoms with Crippen LogP contribution in [-0.4, -0.2) is 36.9 Å². The quantitative estimate of drug-likeness (QED) is 0.921. The van der Waals surface area contributed by atoms with E-state index >= 15 is 0 Å². The maximum Gasteiger partial charge on any atom is 0.337 e. The Morgan fingerprint density at radius 2 is 1.89 bits per heavy atom. The molecule has 7 heteroatoms. The molecule has 1 aliphatic heterocycles. The van der Waals surface area contributed by atoms with Crippen molar-refractivity contribution in [1.29, 1.82) is 0 Å². The van der Waals surface area contributed by atoms with Gasteiger partial charge in [-0.2, -0.15) is 4.31 Å². The van der Waals surface area contributed by atoms with Crippen molar-refractivity contribution in [3.05, 3.63) is 28.8 Å². The summed E-state index contributed by atoms with van der Waals surface area (Å²) in [5.41, 5.74) is -0.197. The lowest BCUT2D eigenvalue weighted by atomic mass is 10.2. The molecule has 0 saturated carbocycles. The first kappa shape index (κ1) is 13.3. The third-order valence-corrected chi connectivity index (χ3v) is 5.10. The van der Waals surface area contributed by atoms with Gasteiger partial charge in [-0.05, 0) is 31.0 Å². The summed E-state index contributed by atoms with van der Waals surface area (Å²) >= 11 is 5.71. The van der Waals surface area contributed by atoms with Gasteiger partial charge in [0.1, 0.15) is 0 Å². The van der Waals surface area contributed by atoms with Gasteiger partial charge in [-0.3, -0.25) is 0 Å². The second-order valence-electron chi connectivity index (χ2n) is 4.06. The molecule has 1 aromatic carbocycles. The number of carboxylic acids is 1. The fraction of sp³-hybridized carbons (Fsp3) is 0.364. The maximum absolute atomic E-state index is 12.2. The van der Waals surface area contributed by atoms with E-state index < -0.39 is 16.0 Å². The van der Waals surface area contributed by atoms with E-state index in [2.05, 4.69) is 0 Å². The van der Waals surface area contributed by atoms with Gasteiger partial charge in [0.2, 0.25) is 10.0 Å².